The molecule has 0 spiro atoms. The van der Waals surface area contributed by atoms with E-state index in [1.807, 2.05) is 0 Å². The van der Waals surface area contributed by atoms with E-state index < -0.39 is 0 Å². The third-order valence-corrected chi connectivity index (χ3v) is 11.8. The van der Waals surface area contributed by atoms with Crippen LogP contribution >= 0.6 is 11.8 Å². The number of carbonyl (C=O) groups is 2. The van der Waals surface area contributed by atoms with Crippen molar-refractivity contribution in [3.8, 4) is 0 Å². The lowest BCUT2D eigenvalue weighted by atomic mass is 10.0. The number of rotatable bonds is 38. The maximum Gasteiger partial charge on any atom is 0.411 e. The van der Waals surface area contributed by atoms with Gasteiger partial charge in [-0.3, -0.25) is 9.80 Å². The minimum atomic E-state index is -0.335. The number of hydrogen-bond acceptors (Lipinski definition) is 5. The van der Waals surface area contributed by atoms with Crippen molar-refractivity contribution < 1.29 is 47.5 Å². The zero-order valence-electron chi connectivity index (χ0n) is 35.5. The fraction of sp³-hybridized carbons (Fsp3) is 0.867. The van der Waals surface area contributed by atoms with Crippen LogP contribution in [0.1, 0.15) is 201 Å². The molecule has 1 rings (SSSR count). The molecular formula is C45H86IN3O4S. The molecule has 2 N–H and O–H groups in total. The molecule has 318 valence electrons. The van der Waals surface area contributed by atoms with Crippen LogP contribution in [0.2, 0.25) is 0 Å². The molecule has 2 atom stereocenters. The summed E-state index contributed by atoms with van der Waals surface area (Å²) in [7, 11) is 0. The SMILES string of the molecule is CCCCCCCCCCCCCCCCC(NC(=O)OCCSCCOC(=O)NCCCCCCCCCCCCCCC)[N+]1(CC)C=CC=CC1.[I-]. The normalized spacial score (nSPS) is 15.5. The van der Waals surface area contributed by atoms with E-state index in [2.05, 4.69) is 55.8 Å². The van der Waals surface area contributed by atoms with E-state index in [1.165, 1.54) is 154 Å². The number of quaternary nitrogens is 1. The second kappa shape index (κ2) is 40.3. The first-order valence-electron chi connectivity index (χ1n) is 22.7. The van der Waals surface area contributed by atoms with Gasteiger partial charge in [0.15, 0.2) is 6.17 Å². The Bertz CT molecular complexity index is 908. The van der Waals surface area contributed by atoms with Crippen LogP contribution in [0.4, 0.5) is 9.59 Å². The molecule has 0 aromatic heterocycles. The van der Waals surface area contributed by atoms with Gasteiger partial charge in [-0.05, 0) is 31.9 Å². The summed E-state index contributed by atoms with van der Waals surface area (Å²) in [6, 6.07) is 0. The highest BCUT2D eigenvalue weighted by Gasteiger charge is 2.35. The van der Waals surface area contributed by atoms with Gasteiger partial charge in [0, 0.05) is 24.5 Å². The number of likely N-dealkylation sites (N-methyl/N-ethyl adjacent to an activating group) is 1. The maximum absolute atomic E-state index is 12.9. The second-order valence-corrected chi connectivity index (χ2v) is 16.7. The summed E-state index contributed by atoms with van der Waals surface area (Å²) < 4.78 is 11.7. The van der Waals surface area contributed by atoms with Crippen LogP contribution < -0.4 is 34.6 Å². The van der Waals surface area contributed by atoms with Gasteiger partial charge in [-0.15, -0.1) is 0 Å². The first-order valence-corrected chi connectivity index (χ1v) is 23.9. The monoisotopic (exact) mass is 892 g/mol. The van der Waals surface area contributed by atoms with Crippen molar-refractivity contribution in [1.29, 1.82) is 0 Å². The zero-order valence-corrected chi connectivity index (χ0v) is 38.5. The van der Waals surface area contributed by atoms with E-state index >= 15 is 0 Å². The predicted octanol–water partition coefficient (Wildman–Crippen LogP) is 10.4. The molecule has 1 aliphatic rings. The standard InChI is InChI=1S/C45H85N3O4S.HI/c1-4-7-9-11-13-15-17-19-20-22-24-26-28-31-35-43(48(6-3)37-33-30-34-38-48)47-45(50)52-40-42-53-41-39-51-44(49)46-36-32-29-27-25-23-21-18-16-14-12-10-8-5-2;/h30,33-34,37,43H,4-29,31-32,35-36,38-42H2,1-3H3,(H-,46,47,49,50);1H. The molecule has 54 heavy (non-hydrogen) atoms. The van der Waals surface area contributed by atoms with Gasteiger partial charge in [0.25, 0.3) is 0 Å². The van der Waals surface area contributed by atoms with E-state index in [9.17, 15) is 9.59 Å². The summed E-state index contributed by atoms with van der Waals surface area (Å²) in [5, 5.41) is 6.11. The Morgan fingerprint density at radius 3 is 1.44 bits per heavy atom. The van der Waals surface area contributed by atoms with E-state index in [4.69, 9.17) is 9.47 Å². The minimum Gasteiger partial charge on any atom is -1.00 e. The molecule has 2 amide bonds. The Labute approximate surface area is 355 Å². The van der Waals surface area contributed by atoms with Crippen LogP contribution in [-0.4, -0.2) is 67.2 Å². The number of unbranched alkanes of at least 4 members (excludes halogenated alkanes) is 25. The maximum atomic E-state index is 12.9. The summed E-state index contributed by atoms with van der Waals surface area (Å²) in [5.41, 5.74) is 0. The molecule has 0 saturated heterocycles. The van der Waals surface area contributed by atoms with Crippen LogP contribution in [0, 0.1) is 0 Å². The number of nitrogens with zero attached hydrogens (tertiary/aromatic N) is 1. The highest BCUT2D eigenvalue weighted by atomic mass is 127. The second-order valence-electron chi connectivity index (χ2n) is 15.5. The number of thioether (sulfide) groups is 1. The van der Waals surface area contributed by atoms with Gasteiger partial charge in [0.05, 0.1) is 12.7 Å². The number of ether oxygens (including phenoxy) is 2. The van der Waals surface area contributed by atoms with Gasteiger partial charge in [-0.1, -0.05) is 180 Å². The van der Waals surface area contributed by atoms with Gasteiger partial charge in [-0.2, -0.15) is 11.8 Å². The fourth-order valence-corrected chi connectivity index (χ4v) is 7.95. The quantitative estimate of drug-likeness (QED) is 0.0367. The molecule has 2 unspecified atom stereocenters. The molecule has 1 heterocycles. The third kappa shape index (κ3) is 31.2. The van der Waals surface area contributed by atoms with Crippen molar-refractivity contribution in [3.63, 3.8) is 0 Å². The van der Waals surface area contributed by atoms with Gasteiger partial charge in [-0.25, -0.2) is 9.59 Å². The topological polar surface area (TPSA) is 76.7 Å². The molecule has 0 saturated carbocycles. The summed E-state index contributed by atoms with van der Waals surface area (Å²) in [5.74, 6) is 1.36. The molecule has 0 aliphatic carbocycles. The summed E-state index contributed by atoms with van der Waals surface area (Å²) >= 11 is 1.63. The van der Waals surface area contributed by atoms with Crippen LogP contribution in [0.5, 0.6) is 0 Å². The molecule has 7 nitrogen and oxygen atoms in total. The van der Waals surface area contributed by atoms with Gasteiger partial charge >= 0.3 is 12.2 Å². The average Bonchev–Trinajstić information content (AvgIpc) is 3.17. The molecule has 1 aliphatic heterocycles. The molecule has 0 fully saturated rings. The van der Waals surface area contributed by atoms with Crippen LogP contribution in [-0.2, 0) is 9.47 Å². The summed E-state index contributed by atoms with van der Waals surface area (Å²) in [4.78, 5) is 24.9. The van der Waals surface area contributed by atoms with Crippen molar-refractivity contribution in [1.82, 2.24) is 10.6 Å². The smallest absolute Gasteiger partial charge is 0.411 e. The van der Waals surface area contributed by atoms with Crippen LogP contribution in [0.25, 0.3) is 0 Å². The van der Waals surface area contributed by atoms with Crippen molar-refractivity contribution >= 4 is 23.9 Å². The summed E-state index contributed by atoms with van der Waals surface area (Å²) in [6.45, 7) is 9.95. The van der Waals surface area contributed by atoms with E-state index in [1.54, 1.807) is 11.8 Å². The lowest BCUT2D eigenvalue weighted by Gasteiger charge is -2.41. The number of hydrogen-bond donors (Lipinski definition) is 2. The van der Waals surface area contributed by atoms with Crippen molar-refractivity contribution in [3.05, 3.63) is 24.4 Å². The number of amides is 2. The average molecular weight is 892 g/mol. The molecule has 0 bridgehead atoms. The highest BCUT2D eigenvalue weighted by Crippen LogP contribution is 2.22. The van der Waals surface area contributed by atoms with E-state index in [0.717, 1.165) is 43.3 Å². The number of carbonyl (C=O) groups excluding carboxylic acids is 2. The largest absolute Gasteiger partial charge is 1.00 e. The van der Waals surface area contributed by atoms with Gasteiger partial charge < -0.3 is 38.8 Å². The highest BCUT2D eigenvalue weighted by molar-refractivity contribution is 7.99. The molecule has 0 aromatic carbocycles. The molecular weight excluding hydrogens is 805 g/mol. The fourth-order valence-electron chi connectivity index (χ4n) is 7.34. The Hall–Kier alpha value is -0.940. The lowest BCUT2D eigenvalue weighted by molar-refractivity contribution is -0.900. The van der Waals surface area contributed by atoms with E-state index in [0.29, 0.717) is 31.3 Å². The Morgan fingerprint density at radius 1 is 0.593 bits per heavy atom. The Morgan fingerprint density at radius 2 is 1.02 bits per heavy atom. The Kier molecular flexibility index (Phi) is 39.6. The van der Waals surface area contributed by atoms with Crippen molar-refractivity contribution in [2.75, 3.05) is 44.4 Å². The molecule has 0 aromatic rings. The lowest BCUT2D eigenvalue weighted by Crippen LogP contribution is -3.00. The number of alkyl carbamates (subject to hydrolysis) is 2. The number of halogens is 1. The number of allylic oxidation sites excluding steroid dienone is 2. The minimum absolute atomic E-state index is 0. The first-order chi connectivity index (χ1) is 26.1. The van der Waals surface area contributed by atoms with Crippen molar-refractivity contribution in [2.24, 2.45) is 0 Å². The van der Waals surface area contributed by atoms with E-state index in [-0.39, 0.29) is 42.3 Å². The van der Waals surface area contributed by atoms with Gasteiger partial charge in [0.2, 0.25) is 0 Å². The van der Waals surface area contributed by atoms with Crippen LogP contribution in [0.15, 0.2) is 24.4 Å². The first kappa shape index (κ1) is 53.1. The predicted molar refractivity (Wildman–Crippen MR) is 230 cm³/mol. The van der Waals surface area contributed by atoms with Gasteiger partial charge in [0.1, 0.15) is 19.8 Å². The number of nitrogens with one attached hydrogen (secondary N) is 2. The molecule has 9 heteroatoms. The summed E-state index contributed by atoms with van der Waals surface area (Å²) in [6.07, 6.45) is 44.9. The Balaban J connectivity index is 0.0000281. The van der Waals surface area contributed by atoms with Crippen molar-refractivity contribution in [2.45, 2.75) is 207 Å². The van der Waals surface area contributed by atoms with Crippen LogP contribution in [0.3, 0.4) is 0 Å². The molecule has 0 radical (unpaired) electrons. The third-order valence-electron chi connectivity index (χ3n) is 10.9. The zero-order chi connectivity index (χ0) is 38.3.